The number of hydrogen-bond donors (Lipinski definition) is 0. The molecule has 7 heteroatoms. The van der Waals surface area contributed by atoms with Crippen LogP contribution in [0.2, 0.25) is 0 Å². The normalized spacial score (nSPS) is 18.9. The van der Waals surface area contributed by atoms with Gasteiger partial charge in [-0.15, -0.1) is 10.2 Å². The van der Waals surface area contributed by atoms with Crippen LogP contribution in [0.3, 0.4) is 0 Å². The lowest BCUT2D eigenvalue weighted by Gasteiger charge is -2.27. The lowest BCUT2D eigenvalue weighted by atomic mass is 10.1. The Morgan fingerprint density at radius 1 is 1.48 bits per heavy atom. The fourth-order valence-electron chi connectivity index (χ4n) is 2.53. The standard InChI is InChI=1S/C14H19N5O2/c1-10-6-7-19-12(16-17-14(19)15-10)13(20)18(2)9-11-5-3-4-8-21-11/h6-7,11H,3-5,8-9H2,1-2H3. The summed E-state index contributed by atoms with van der Waals surface area (Å²) in [4.78, 5) is 18.4. The maximum absolute atomic E-state index is 12.5. The van der Waals surface area contributed by atoms with Crippen molar-refractivity contribution in [3.63, 3.8) is 0 Å². The van der Waals surface area contributed by atoms with Crippen molar-refractivity contribution >= 4 is 11.7 Å². The number of fused-ring (bicyclic) bond motifs is 1. The summed E-state index contributed by atoms with van der Waals surface area (Å²) in [5.74, 6) is 0.568. The molecule has 0 spiro atoms. The van der Waals surface area contributed by atoms with Gasteiger partial charge in [0.05, 0.1) is 6.10 Å². The average Bonchev–Trinajstić information content (AvgIpc) is 2.90. The van der Waals surface area contributed by atoms with Crippen molar-refractivity contribution in [1.82, 2.24) is 24.5 Å². The Kier molecular flexibility index (Phi) is 3.83. The average molecular weight is 289 g/mol. The summed E-state index contributed by atoms with van der Waals surface area (Å²) in [7, 11) is 1.77. The molecule has 0 radical (unpaired) electrons. The predicted molar refractivity (Wildman–Crippen MR) is 76.1 cm³/mol. The van der Waals surface area contributed by atoms with Crippen LogP contribution < -0.4 is 0 Å². The third-order valence-corrected chi connectivity index (χ3v) is 3.71. The topological polar surface area (TPSA) is 72.6 Å². The van der Waals surface area contributed by atoms with Gasteiger partial charge in [-0.3, -0.25) is 9.20 Å². The molecule has 0 bridgehead atoms. The zero-order chi connectivity index (χ0) is 14.8. The summed E-state index contributed by atoms with van der Waals surface area (Å²) in [6.07, 6.45) is 5.15. The Bertz CT molecular complexity index is 648. The molecule has 0 aliphatic carbocycles. The molecule has 1 amide bonds. The Morgan fingerprint density at radius 2 is 2.33 bits per heavy atom. The molecule has 0 saturated carbocycles. The molecule has 2 aromatic rings. The Labute approximate surface area is 122 Å². The van der Waals surface area contributed by atoms with E-state index in [2.05, 4.69) is 15.2 Å². The molecule has 1 aliphatic heterocycles. The van der Waals surface area contributed by atoms with Gasteiger partial charge in [-0.05, 0) is 32.3 Å². The summed E-state index contributed by atoms with van der Waals surface area (Å²) in [5.41, 5.74) is 0.845. The molecule has 1 aliphatic rings. The predicted octanol–water partition coefficient (Wildman–Crippen LogP) is 1.07. The second-order valence-electron chi connectivity index (χ2n) is 5.44. The van der Waals surface area contributed by atoms with Crippen LogP contribution in [-0.4, -0.2) is 56.7 Å². The van der Waals surface area contributed by atoms with Crippen molar-refractivity contribution < 1.29 is 9.53 Å². The van der Waals surface area contributed by atoms with E-state index >= 15 is 0 Å². The van der Waals surface area contributed by atoms with Crippen LogP contribution >= 0.6 is 0 Å². The Hall–Kier alpha value is -2.02. The van der Waals surface area contributed by atoms with E-state index in [1.165, 1.54) is 0 Å². The summed E-state index contributed by atoms with van der Waals surface area (Å²) in [6.45, 7) is 3.24. The highest BCUT2D eigenvalue weighted by Crippen LogP contribution is 2.14. The van der Waals surface area contributed by atoms with Crippen molar-refractivity contribution in [3.8, 4) is 0 Å². The van der Waals surface area contributed by atoms with Gasteiger partial charge in [0.15, 0.2) is 0 Å². The minimum atomic E-state index is -0.165. The highest BCUT2D eigenvalue weighted by atomic mass is 16.5. The van der Waals surface area contributed by atoms with Gasteiger partial charge in [-0.25, -0.2) is 4.98 Å². The number of aromatic nitrogens is 4. The van der Waals surface area contributed by atoms with E-state index in [-0.39, 0.29) is 17.8 Å². The Morgan fingerprint density at radius 3 is 3.10 bits per heavy atom. The van der Waals surface area contributed by atoms with Gasteiger partial charge in [0.1, 0.15) is 0 Å². The third-order valence-electron chi connectivity index (χ3n) is 3.71. The monoisotopic (exact) mass is 289 g/mol. The molecule has 112 valence electrons. The molecular weight excluding hydrogens is 270 g/mol. The summed E-state index contributed by atoms with van der Waals surface area (Å²) >= 11 is 0. The SMILES string of the molecule is Cc1ccn2c(C(=O)N(C)CC3CCCCO3)nnc2n1. The second kappa shape index (κ2) is 5.77. The first-order valence-corrected chi connectivity index (χ1v) is 7.20. The molecule has 0 N–H and O–H groups in total. The number of rotatable bonds is 3. The van der Waals surface area contributed by atoms with Crippen LogP contribution in [0.15, 0.2) is 12.3 Å². The van der Waals surface area contributed by atoms with E-state index in [1.54, 1.807) is 22.5 Å². The van der Waals surface area contributed by atoms with Crippen LogP contribution in [0.1, 0.15) is 35.6 Å². The molecule has 3 rings (SSSR count). The molecule has 21 heavy (non-hydrogen) atoms. The zero-order valence-corrected chi connectivity index (χ0v) is 12.3. The Balaban J connectivity index is 1.76. The van der Waals surface area contributed by atoms with Crippen LogP contribution in [0.5, 0.6) is 0 Å². The van der Waals surface area contributed by atoms with Gasteiger partial charge in [0, 0.05) is 32.1 Å². The summed E-state index contributed by atoms with van der Waals surface area (Å²) in [6, 6.07) is 1.83. The molecule has 0 aromatic carbocycles. The van der Waals surface area contributed by atoms with E-state index in [4.69, 9.17) is 4.74 Å². The first-order valence-electron chi connectivity index (χ1n) is 7.20. The van der Waals surface area contributed by atoms with Gasteiger partial charge in [0.2, 0.25) is 5.82 Å². The summed E-state index contributed by atoms with van der Waals surface area (Å²) in [5, 5.41) is 7.92. The zero-order valence-electron chi connectivity index (χ0n) is 12.3. The fourth-order valence-corrected chi connectivity index (χ4v) is 2.53. The van der Waals surface area contributed by atoms with Crippen molar-refractivity contribution in [2.24, 2.45) is 0 Å². The second-order valence-corrected chi connectivity index (χ2v) is 5.44. The highest BCUT2D eigenvalue weighted by molar-refractivity contribution is 5.91. The first kappa shape index (κ1) is 13.9. The van der Waals surface area contributed by atoms with Crippen molar-refractivity contribution in [3.05, 3.63) is 23.8 Å². The smallest absolute Gasteiger partial charge is 0.292 e. The molecule has 7 nitrogen and oxygen atoms in total. The largest absolute Gasteiger partial charge is 0.376 e. The third kappa shape index (κ3) is 2.87. The number of ether oxygens (including phenoxy) is 1. The molecular formula is C14H19N5O2. The van der Waals surface area contributed by atoms with Gasteiger partial charge < -0.3 is 9.64 Å². The number of carbonyl (C=O) groups excluding carboxylic acids is 1. The van der Waals surface area contributed by atoms with E-state index < -0.39 is 0 Å². The van der Waals surface area contributed by atoms with Gasteiger partial charge in [-0.2, -0.15) is 0 Å². The molecule has 1 atom stereocenters. The van der Waals surface area contributed by atoms with Crippen LogP contribution in [0.4, 0.5) is 0 Å². The lowest BCUT2D eigenvalue weighted by Crippen LogP contribution is -2.37. The highest BCUT2D eigenvalue weighted by Gasteiger charge is 2.23. The van der Waals surface area contributed by atoms with Crippen molar-refractivity contribution in [2.75, 3.05) is 20.2 Å². The number of hydrogen-bond acceptors (Lipinski definition) is 5. The fraction of sp³-hybridized carbons (Fsp3) is 0.571. The number of aryl methyl sites for hydroxylation is 1. The van der Waals surface area contributed by atoms with E-state index in [1.807, 2.05) is 13.0 Å². The number of nitrogens with zero attached hydrogens (tertiary/aromatic N) is 5. The lowest BCUT2D eigenvalue weighted by molar-refractivity contribution is -0.000427. The molecule has 1 fully saturated rings. The number of likely N-dealkylation sites (N-methyl/N-ethyl adjacent to an activating group) is 1. The maximum Gasteiger partial charge on any atom is 0.292 e. The van der Waals surface area contributed by atoms with Crippen molar-refractivity contribution in [1.29, 1.82) is 0 Å². The van der Waals surface area contributed by atoms with Crippen LogP contribution in [0, 0.1) is 6.92 Å². The number of carbonyl (C=O) groups is 1. The number of amides is 1. The minimum Gasteiger partial charge on any atom is -0.376 e. The molecule has 2 aromatic heterocycles. The van der Waals surface area contributed by atoms with E-state index in [0.717, 1.165) is 31.6 Å². The minimum absolute atomic E-state index is 0.118. The van der Waals surface area contributed by atoms with Crippen molar-refractivity contribution in [2.45, 2.75) is 32.3 Å². The van der Waals surface area contributed by atoms with E-state index in [9.17, 15) is 4.79 Å². The first-order chi connectivity index (χ1) is 10.1. The van der Waals surface area contributed by atoms with E-state index in [0.29, 0.717) is 12.3 Å². The van der Waals surface area contributed by atoms with Gasteiger partial charge in [-0.1, -0.05) is 0 Å². The summed E-state index contributed by atoms with van der Waals surface area (Å²) < 4.78 is 7.29. The quantitative estimate of drug-likeness (QED) is 0.845. The van der Waals surface area contributed by atoms with Gasteiger partial charge in [0.25, 0.3) is 11.7 Å². The van der Waals surface area contributed by atoms with Gasteiger partial charge >= 0.3 is 0 Å². The maximum atomic E-state index is 12.5. The van der Waals surface area contributed by atoms with Crippen LogP contribution in [-0.2, 0) is 4.74 Å². The van der Waals surface area contributed by atoms with Crippen LogP contribution in [0.25, 0.3) is 5.78 Å². The molecule has 1 unspecified atom stereocenters. The molecule has 1 saturated heterocycles. The molecule has 3 heterocycles.